The van der Waals surface area contributed by atoms with E-state index in [0.717, 1.165) is 18.8 Å². The number of hydrogen-bond donors (Lipinski definition) is 2. The highest BCUT2D eigenvalue weighted by Gasteiger charge is 2.27. The fourth-order valence-corrected chi connectivity index (χ4v) is 5.01. The molecule has 0 spiro atoms. The van der Waals surface area contributed by atoms with Crippen molar-refractivity contribution >= 4 is 28.7 Å². The molecule has 1 aromatic carbocycles. The lowest BCUT2D eigenvalue weighted by molar-refractivity contribution is 0.187. The van der Waals surface area contributed by atoms with Crippen molar-refractivity contribution in [3.63, 3.8) is 0 Å². The summed E-state index contributed by atoms with van der Waals surface area (Å²) in [6.45, 7) is 5.55. The third-order valence-corrected chi connectivity index (χ3v) is 7.00. The normalized spacial score (nSPS) is 23.1. The molecule has 7 nitrogen and oxygen atoms in total. The smallest absolute Gasteiger partial charge is 0.224 e. The van der Waals surface area contributed by atoms with Gasteiger partial charge in [0.25, 0.3) is 0 Å². The number of nitrogens with zero attached hydrogens (tertiary/aromatic N) is 4. The predicted molar refractivity (Wildman–Crippen MR) is 124 cm³/mol. The lowest BCUT2D eigenvalue weighted by atomic mass is 9.80. The van der Waals surface area contributed by atoms with Crippen molar-refractivity contribution in [2.45, 2.75) is 58.0 Å². The van der Waals surface area contributed by atoms with E-state index in [4.69, 9.17) is 9.72 Å². The Kier molecular flexibility index (Phi) is 6.33. The minimum Gasteiger partial charge on any atom is -0.379 e. The fraction of sp³-hybridized carbons (Fsp3) is 0.542. The third-order valence-electron chi connectivity index (χ3n) is 7.00. The van der Waals surface area contributed by atoms with E-state index in [1.54, 1.807) is 10.8 Å². The zero-order valence-corrected chi connectivity index (χ0v) is 19.3. The van der Waals surface area contributed by atoms with E-state index in [1.165, 1.54) is 12.8 Å². The number of halogens is 3. The van der Waals surface area contributed by atoms with Gasteiger partial charge in [-0.05, 0) is 43.9 Å². The lowest BCUT2D eigenvalue weighted by Gasteiger charge is -2.31. The summed E-state index contributed by atoms with van der Waals surface area (Å²) in [4.78, 5) is 13.7. The van der Waals surface area contributed by atoms with Crippen LogP contribution in [-0.4, -0.2) is 38.8 Å². The summed E-state index contributed by atoms with van der Waals surface area (Å²) in [6, 6.07) is 1.46. The molecule has 2 aromatic heterocycles. The maximum atomic E-state index is 14.3. The number of rotatable bonds is 6. The largest absolute Gasteiger partial charge is 0.379 e. The second-order valence-electron chi connectivity index (χ2n) is 9.59. The van der Waals surface area contributed by atoms with Gasteiger partial charge in [-0.15, -0.1) is 0 Å². The van der Waals surface area contributed by atoms with E-state index in [1.807, 2.05) is 0 Å². The Morgan fingerprint density at radius 2 is 1.76 bits per heavy atom. The summed E-state index contributed by atoms with van der Waals surface area (Å²) in [5.74, 6) is -0.898. The van der Waals surface area contributed by atoms with E-state index in [9.17, 15) is 13.2 Å². The summed E-state index contributed by atoms with van der Waals surface area (Å²) in [7, 11) is 0. The summed E-state index contributed by atoms with van der Waals surface area (Å²) in [5, 5.41) is 6.17. The van der Waals surface area contributed by atoms with E-state index >= 15 is 0 Å². The number of nitrogens with one attached hydrogen (secondary N) is 2. The number of ether oxygens (including phenoxy) is 1. The predicted octanol–water partition coefficient (Wildman–Crippen LogP) is 5.58. The molecule has 34 heavy (non-hydrogen) atoms. The molecule has 1 aliphatic carbocycles. The Labute approximate surface area is 196 Å². The second-order valence-corrected chi connectivity index (χ2v) is 9.59. The Hall–Kier alpha value is -2.88. The average Bonchev–Trinajstić information content (AvgIpc) is 3.43. The van der Waals surface area contributed by atoms with Crippen molar-refractivity contribution in [2.75, 3.05) is 23.8 Å². The van der Waals surface area contributed by atoms with Crippen LogP contribution < -0.4 is 10.6 Å². The van der Waals surface area contributed by atoms with Crippen molar-refractivity contribution in [1.82, 2.24) is 19.5 Å². The number of hydrogen-bond acceptors (Lipinski definition) is 6. The van der Waals surface area contributed by atoms with Gasteiger partial charge in [-0.1, -0.05) is 13.8 Å². The monoisotopic (exact) mass is 474 g/mol. The molecule has 1 saturated heterocycles. The maximum Gasteiger partial charge on any atom is 0.224 e. The van der Waals surface area contributed by atoms with Gasteiger partial charge in [0.1, 0.15) is 17.0 Å². The zero-order chi connectivity index (χ0) is 23.8. The molecule has 0 bridgehead atoms. The first kappa shape index (κ1) is 22.9. The average molecular weight is 475 g/mol. The SMILES string of the molecule is CC(C)[C@H]1CC[C@H](Nc2ncc3nc(Nc4c(F)cc(F)cc4F)n(C4CCOC4)c3n2)CC1. The fourth-order valence-electron chi connectivity index (χ4n) is 5.01. The minimum absolute atomic E-state index is 0.108. The summed E-state index contributed by atoms with van der Waals surface area (Å²) in [5.41, 5.74) is 0.575. The molecule has 3 heterocycles. The number of fused-ring (bicyclic) bond motifs is 1. The van der Waals surface area contributed by atoms with Crippen LogP contribution in [-0.2, 0) is 4.74 Å². The third kappa shape index (κ3) is 4.55. The Morgan fingerprint density at radius 3 is 2.41 bits per heavy atom. The van der Waals surface area contributed by atoms with Crippen LogP contribution in [0.4, 0.5) is 30.8 Å². The molecular formula is C24H29F3N6O. The topological polar surface area (TPSA) is 76.9 Å². The zero-order valence-electron chi connectivity index (χ0n) is 19.3. The molecule has 3 aromatic rings. The van der Waals surface area contributed by atoms with Gasteiger partial charge < -0.3 is 15.4 Å². The maximum absolute atomic E-state index is 14.3. The highest BCUT2D eigenvalue weighted by molar-refractivity contribution is 5.76. The highest BCUT2D eigenvalue weighted by Crippen LogP contribution is 2.33. The summed E-state index contributed by atoms with van der Waals surface area (Å²) < 4.78 is 49.4. The van der Waals surface area contributed by atoms with Gasteiger partial charge in [0.15, 0.2) is 17.3 Å². The number of imidazole rings is 1. The van der Waals surface area contributed by atoms with Gasteiger partial charge >= 0.3 is 0 Å². The first-order valence-corrected chi connectivity index (χ1v) is 11.9. The summed E-state index contributed by atoms with van der Waals surface area (Å²) in [6.07, 6.45) is 6.81. The van der Waals surface area contributed by atoms with Gasteiger partial charge in [0.2, 0.25) is 11.9 Å². The molecule has 182 valence electrons. The minimum atomic E-state index is -1.04. The lowest BCUT2D eigenvalue weighted by Crippen LogP contribution is -2.28. The Balaban J connectivity index is 1.45. The molecule has 10 heteroatoms. The number of aromatic nitrogens is 4. The Bertz CT molecular complexity index is 1150. The van der Waals surface area contributed by atoms with Crippen LogP contribution in [0.2, 0.25) is 0 Å². The van der Waals surface area contributed by atoms with Crippen molar-refractivity contribution in [2.24, 2.45) is 11.8 Å². The molecule has 1 aliphatic heterocycles. The van der Waals surface area contributed by atoms with Crippen LogP contribution in [0.3, 0.4) is 0 Å². The van der Waals surface area contributed by atoms with Crippen LogP contribution in [0.15, 0.2) is 18.3 Å². The molecule has 0 radical (unpaired) electrons. The second kappa shape index (κ2) is 9.40. The van der Waals surface area contributed by atoms with Crippen molar-refractivity contribution in [3.05, 3.63) is 35.8 Å². The molecule has 2 fully saturated rings. The quantitative estimate of drug-likeness (QED) is 0.486. The van der Waals surface area contributed by atoms with E-state index in [-0.39, 0.29) is 12.0 Å². The van der Waals surface area contributed by atoms with Crippen LogP contribution >= 0.6 is 0 Å². The van der Waals surface area contributed by atoms with Crippen molar-refractivity contribution in [1.29, 1.82) is 0 Å². The van der Waals surface area contributed by atoms with E-state index < -0.39 is 23.1 Å². The van der Waals surface area contributed by atoms with Crippen LogP contribution in [0.1, 0.15) is 52.0 Å². The molecule has 2 N–H and O–H groups in total. The van der Waals surface area contributed by atoms with Crippen LogP contribution in [0.5, 0.6) is 0 Å². The first-order chi connectivity index (χ1) is 16.4. The van der Waals surface area contributed by atoms with Gasteiger partial charge in [-0.3, -0.25) is 4.57 Å². The number of anilines is 3. The van der Waals surface area contributed by atoms with Gasteiger partial charge in [-0.2, -0.15) is 4.98 Å². The molecule has 2 aliphatic rings. The molecule has 5 rings (SSSR count). The first-order valence-electron chi connectivity index (χ1n) is 11.9. The van der Waals surface area contributed by atoms with Crippen molar-refractivity contribution in [3.8, 4) is 0 Å². The van der Waals surface area contributed by atoms with Crippen LogP contribution in [0, 0.1) is 29.3 Å². The number of benzene rings is 1. The molecule has 1 atom stereocenters. The van der Waals surface area contributed by atoms with E-state index in [2.05, 4.69) is 34.4 Å². The molecule has 0 amide bonds. The molecule has 1 unspecified atom stereocenters. The molecular weight excluding hydrogens is 445 g/mol. The van der Waals surface area contributed by atoms with Crippen LogP contribution in [0.25, 0.3) is 11.2 Å². The molecule has 1 saturated carbocycles. The summed E-state index contributed by atoms with van der Waals surface area (Å²) >= 11 is 0. The van der Waals surface area contributed by atoms with E-state index in [0.29, 0.717) is 60.8 Å². The standard InChI is InChI=1S/C24H29F3N6O/c1-13(2)14-3-5-16(6-4-14)29-23-28-11-20-22(32-23)33(17-7-8-34-12-17)24(30-20)31-21-18(26)9-15(25)10-19(21)27/h9-11,13-14,16-17H,3-8,12H2,1-2H3,(H,30,31)(H,28,29,32)/t14-,16-,17?. The Morgan fingerprint density at radius 1 is 1.03 bits per heavy atom. The van der Waals surface area contributed by atoms with Crippen molar-refractivity contribution < 1.29 is 17.9 Å². The van der Waals surface area contributed by atoms with Gasteiger partial charge in [0, 0.05) is 24.8 Å². The van der Waals surface area contributed by atoms with Gasteiger partial charge in [0.05, 0.1) is 18.8 Å². The highest BCUT2D eigenvalue weighted by atomic mass is 19.1. The van der Waals surface area contributed by atoms with Gasteiger partial charge in [-0.25, -0.2) is 23.1 Å².